The Morgan fingerprint density at radius 2 is 1.33 bits per heavy atom. The van der Waals surface area contributed by atoms with Gasteiger partial charge in [-0.2, -0.15) is 0 Å². The summed E-state index contributed by atoms with van der Waals surface area (Å²) in [7, 11) is 0. The van der Waals surface area contributed by atoms with E-state index in [1.807, 2.05) is 18.2 Å². The number of H-pyrrole nitrogens is 2. The molecule has 2 heterocycles. The standard InChI is InChI=1S/C26H23N3O/c1-17(30)29-24-11-5-2-8-18(24)14-21(22-15-27-25-12-6-3-9-19(22)25)23-16-28-26-13-7-4-10-20(23)26/h2-13,15-16,21,27-28H,14H2,1H3,(H,29,30). The topological polar surface area (TPSA) is 60.7 Å². The highest BCUT2D eigenvalue weighted by molar-refractivity contribution is 5.90. The molecule has 148 valence electrons. The van der Waals surface area contributed by atoms with E-state index in [0.717, 1.165) is 28.7 Å². The van der Waals surface area contributed by atoms with Crippen LogP contribution >= 0.6 is 0 Å². The van der Waals surface area contributed by atoms with Gasteiger partial charge in [0.1, 0.15) is 0 Å². The number of anilines is 1. The van der Waals surface area contributed by atoms with E-state index >= 15 is 0 Å². The van der Waals surface area contributed by atoms with Gasteiger partial charge in [-0.1, -0.05) is 54.6 Å². The fourth-order valence-electron chi connectivity index (χ4n) is 4.38. The van der Waals surface area contributed by atoms with Crippen LogP contribution in [0.4, 0.5) is 5.69 Å². The van der Waals surface area contributed by atoms with Crippen molar-refractivity contribution < 1.29 is 4.79 Å². The monoisotopic (exact) mass is 393 g/mol. The summed E-state index contributed by atoms with van der Waals surface area (Å²) >= 11 is 0. The lowest BCUT2D eigenvalue weighted by atomic mass is 9.85. The molecular formula is C26H23N3O. The van der Waals surface area contributed by atoms with Crippen molar-refractivity contribution >= 4 is 33.4 Å². The van der Waals surface area contributed by atoms with E-state index in [0.29, 0.717) is 0 Å². The van der Waals surface area contributed by atoms with Gasteiger partial charge in [0, 0.05) is 52.7 Å². The Bertz CT molecular complexity index is 1270. The number of nitrogens with one attached hydrogen (secondary N) is 3. The summed E-state index contributed by atoms with van der Waals surface area (Å²) in [5, 5.41) is 5.44. The van der Waals surface area contributed by atoms with Crippen molar-refractivity contribution in [2.75, 3.05) is 5.32 Å². The zero-order valence-corrected chi connectivity index (χ0v) is 16.8. The van der Waals surface area contributed by atoms with Crippen LogP contribution in [0.1, 0.15) is 29.5 Å². The van der Waals surface area contributed by atoms with Crippen LogP contribution < -0.4 is 5.32 Å². The molecule has 0 unspecified atom stereocenters. The molecule has 0 saturated carbocycles. The number of para-hydroxylation sites is 3. The summed E-state index contributed by atoms with van der Waals surface area (Å²) in [5.41, 5.74) is 6.77. The van der Waals surface area contributed by atoms with Crippen molar-refractivity contribution in [1.29, 1.82) is 0 Å². The van der Waals surface area contributed by atoms with E-state index < -0.39 is 0 Å². The van der Waals surface area contributed by atoms with Crippen LogP contribution in [-0.2, 0) is 11.2 Å². The van der Waals surface area contributed by atoms with Gasteiger partial charge in [0.25, 0.3) is 0 Å². The van der Waals surface area contributed by atoms with Crippen molar-refractivity contribution in [1.82, 2.24) is 9.97 Å². The van der Waals surface area contributed by atoms with Gasteiger partial charge in [-0.3, -0.25) is 4.79 Å². The van der Waals surface area contributed by atoms with Crippen molar-refractivity contribution in [3.63, 3.8) is 0 Å². The lowest BCUT2D eigenvalue weighted by molar-refractivity contribution is -0.114. The second-order valence-electron chi connectivity index (χ2n) is 7.67. The van der Waals surface area contributed by atoms with Gasteiger partial charge < -0.3 is 15.3 Å². The minimum absolute atomic E-state index is 0.0572. The number of rotatable bonds is 5. The van der Waals surface area contributed by atoms with Gasteiger partial charge >= 0.3 is 0 Å². The molecule has 3 N–H and O–H groups in total. The normalized spacial score (nSPS) is 11.4. The zero-order chi connectivity index (χ0) is 20.5. The summed E-state index contributed by atoms with van der Waals surface area (Å²) in [4.78, 5) is 18.6. The number of carbonyl (C=O) groups is 1. The number of benzene rings is 3. The summed E-state index contributed by atoms with van der Waals surface area (Å²) in [6.45, 7) is 1.55. The second-order valence-corrected chi connectivity index (χ2v) is 7.67. The lowest BCUT2D eigenvalue weighted by Crippen LogP contribution is -2.11. The van der Waals surface area contributed by atoms with E-state index in [1.54, 1.807) is 6.92 Å². The number of amides is 1. The maximum absolute atomic E-state index is 11.7. The molecule has 3 aromatic carbocycles. The largest absolute Gasteiger partial charge is 0.361 e. The zero-order valence-electron chi connectivity index (χ0n) is 16.8. The third kappa shape index (κ3) is 3.26. The summed E-state index contributed by atoms with van der Waals surface area (Å²) in [6.07, 6.45) is 5.02. The molecule has 1 amide bonds. The Kier molecular flexibility index (Phi) is 4.60. The Hall–Kier alpha value is -3.79. The first-order valence-electron chi connectivity index (χ1n) is 10.2. The lowest BCUT2D eigenvalue weighted by Gasteiger charge is -2.19. The Morgan fingerprint density at radius 3 is 1.93 bits per heavy atom. The molecule has 0 bridgehead atoms. The van der Waals surface area contributed by atoms with Gasteiger partial charge in [-0.25, -0.2) is 0 Å². The fourth-order valence-corrected chi connectivity index (χ4v) is 4.38. The number of aromatic amines is 2. The molecular weight excluding hydrogens is 370 g/mol. The molecule has 5 rings (SSSR count). The number of fused-ring (bicyclic) bond motifs is 2. The first-order chi connectivity index (χ1) is 14.7. The van der Waals surface area contributed by atoms with E-state index in [2.05, 4.69) is 82.3 Å². The maximum Gasteiger partial charge on any atom is 0.221 e. The molecule has 0 radical (unpaired) electrons. The fraction of sp³-hybridized carbons (Fsp3) is 0.115. The van der Waals surface area contributed by atoms with Crippen LogP contribution in [0.15, 0.2) is 85.2 Å². The SMILES string of the molecule is CC(=O)Nc1ccccc1CC(c1c[nH]c2ccccc12)c1c[nH]c2ccccc12. The number of hydrogen-bond donors (Lipinski definition) is 3. The highest BCUT2D eigenvalue weighted by Gasteiger charge is 2.22. The Morgan fingerprint density at radius 1 is 0.800 bits per heavy atom. The van der Waals surface area contributed by atoms with Crippen LogP contribution in [0, 0.1) is 0 Å². The van der Waals surface area contributed by atoms with E-state index in [4.69, 9.17) is 0 Å². The van der Waals surface area contributed by atoms with E-state index in [-0.39, 0.29) is 11.8 Å². The van der Waals surface area contributed by atoms with Crippen molar-refractivity contribution in [2.24, 2.45) is 0 Å². The molecule has 5 aromatic rings. The predicted octanol–water partition coefficient (Wildman–Crippen LogP) is 5.98. The minimum atomic E-state index is -0.0572. The summed E-state index contributed by atoms with van der Waals surface area (Å²) in [5.74, 6) is 0.0744. The third-order valence-corrected chi connectivity index (χ3v) is 5.75. The average molecular weight is 393 g/mol. The molecule has 4 nitrogen and oxygen atoms in total. The molecule has 30 heavy (non-hydrogen) atoms. The minimum Gasteiger partial charge on any atom is -0.361 e. The van der Waals surface area contributed by atoms with Crippen molar-refractivity contribution in [3.05, 3.63) is 102 Å². The van der Waals surface area contributed by atoms with Crippen LogP contribution in [0.5, 0.6) is 0 Å². The molecule has 0 aliphatic heterocycles. The highest BCUT2D eigenvalue weighted by atomic mass is 16.1. The molecule has 0 aliphatic rings. The summed E-state index contributed by atoms with van der Waals surface area (Å²) < 4.78 is 0. The average Bonchev–Trinajstić information content (AvgIpc) is 3.37. The molecule has 4 heteroatoms. The number of aromatic nitrogens is 2. The van der Waals surface area contributed by atoms with Gasteiger partial charge in [0.05, 0.1) is 0 Å². The van der Waals surface area contributed by atoms with Gasteiger partial charge in [0.15, 0.2) is 0 Å². The molecule has 0 atom stereocenters. The van der Waals surface area contributed by atoms with E-state index in [1.165, 1.54) is 21.9 Å². The van der Waals surface area contributed by atoms with Crippen LogP contribution in [0.25, 0.3) is 21.8 Å². The molecule has 0 fully saturated rings. The van der Waals surface area contributed by atoms with Gasteiger partial charge in [-0.05, 0) is 41.3 Å². The summed E-state index contributed by atoms with van der Waals surface area (Å²) in [6, 6.07) is 24.9. The van der Waals surface area contributed by atoms with Crippen LogP contribution in [-0.4, -0.2) is 15.9 Å². The Labute approximate surface area is 174 Å². The predicted molar refractivity (Wildman–Crippen MR) is 123 cm³/mol. The Balaban J connectivity index is 1.67. The van der Waals surface area contributed by atoms with Gasteiger partial charge in [-0.15, -0.1) is 0 Å². The molecule has 0 aliphatic carbocycles. The van der Waals surface area contributed by atoms with Crippen LogP contribution in [0.2, 0.25) is 0 Å². The molecule has 0 saturated heterocycles. The maximum atomic E-state index is 11.7. The highest BCUT2D eigenvalue weighted by Crippen LogP contribution is 2.38. The molecule has 0 spiro atoms. The van der Waals surface area contributed by atoms with Gasteiger partial charge in [0.2, 0.25) is 5.91 Å². The first kappa shape index (κ1) is 18.3. The second kappa shape index (κ2) is 7.56. The van der Waals surface area contributed by atoms with Crippen molar-refractivity contribution in [3.8, 4) is 0 Å². The molecule has 2 aromatic heterocycles. The third-order valence-electron chi connectivity index (χ3n) is 5.75. The number of hydrogen-bond acceptors (Lipinski definition) is 1. The first-order valence-corrected chi connectivity index (χ1v) is 10.2. The van der Waals surface area contributed by atoms with Crippen LogP contribution in [0.3, 0.4) is 0 Å². The van der Waals surface area contributed by atoms with E-state index in [9.17, 15) is 4.79 Å². The number of carbonyl (C=O) groups excluding carboxylic acids is 1. The quantitative estimate of drug-likeness (QED) is 0.338. The van der Waals surface area contributed by atoms with Crippen molar-refractivity contribution in [2.45, 2.75) is 19.3 Å². The smallest absolute Gasteiger partial charge is 0.221 e.